The number of carbonyl (C=O) groups excluding carboxylic acids is 1. The molecule has 1 N–H and O–H groups in total. The Morgan fingerprint density at radius 2 is 1.88 bits per heavy atom. The normalized spacial score (nSPS) is 14.9. The van der Waals surface area contributed by atoms with Gasteiger partial charge in [0.1, 0.15) is 6.61 Å². The molecule has 26 heavy (non-hydrogen) atoms. The molecule has 2 aromatic rings. The number of piperidine rings is 1. The van der Waals surface area contributed by atoms with E-state index in [1.807, 2.05) is 12.1 Å². The van der Waals surface area contributed by atoms with Crippen LogP contribution in [0.3, 0.4) is 0 Å². The van der Waals surface area contributed by atoms with Gasteiger partial charge in [0.25, 0.3) is 0 Å². The van der Waals surface area contributed by atoms with E-state index in [0.29, 0.717) is 36.5 Å². The Morgan fingerprint density at radius 3 is 2.54 bits per heavy atom. The Hall–Kier alpha value is -2.41. The van der Waals surface area contributed by atoms with Crippen LogP contribution in [0, 0.1) is 11.7 Å². The van der Waals surface area contributed by atoms with Crippen molar-refractivity contribution in [1.82, 2.24) is 14.9 Å². The van der Waals surface area contributed by atoms with Crippen molar-refractivity contribution in [2.24, 2.45) is 5.92 Å². The number of nitrogens with zero attached hydrogens (tertiary/aromatic N) is 3. The molecule has 0 radical (unpaired) electrons. The predicted molar refractivity (Wildman–Crippen MR) is 96.4 cm³/mol. The fourth-order valence-electron chi connectivity index (χ4n) is 2.78. The molecule has 0 bridgehead atoms. The molecule has 1 saturated heterocycles. The molecule has 1 aromatic carbocycles. The van der Waals surface area contributed by atoms with E-state index in [2.05, 4.69) is 15.3 Å². The SMILES string of the molecule is O=C(OCc1ccc(Cl)cc1)N1CCC(CNc2ncc(F)cn2)CC1. The Labute approximate surface area is 156 Å². The van der Waals surface area contributed by atoms with E-state index in [1.54, 1.807) is 17.0 Å². The van der Waals surface area contributed by atoms with Gasteiger partial charge in [-0.3, -0.25) is 0 Å². The summed E-state index contributed by atoms with van der Waals surface area (Å²) in [6.07, 6.45) is 3.70. The summed E-state index contributed by atoms with van der Waals surface area (Å²) in [5.41, 5.74) is 0.904. The predicted octanol–water partition coefficient (Wildman–Crippen LogP) is 3.73. The van der Waals surface area contributed by atoms with Crippen LogP contribution >= 0.6 is 11.6 Å². The van der Waals surface area contributed by atoms with Crippen molar-refractivity contribution in [3.63, 3.8) is 0 Å². The van der Waals surface area contributed by atoms with Gasteiger partial charge < -0.3 is 15.0 Å². The van der Waals surface area contributed by atoms with Crippen molar-refractivity contribution in [1.29, 1.82) is 0 Å². The van der Waals surface area contributed by atoms with E-state index in [-0.39, 0.29) is 12.7 Å². The molecule has 0 aliphatic carbocycles. The summed E-state index contributed by atoms with van der Waals surface area (Å²) in [4.78, 5) is 21.6. The van der Waals surface area contributed by atoms with Crippen molar-refractivity contribution >= 4 is 23.6 Å². The number of hydrogen-bond donors (Lipinski definition) is 1. The highest BCUT2D eigenvalue weighted by molar-refractivity contribution is 6.30. The second-order valence-corrected chi connectivity index (χ2v) is 6.65. The van der Waals surface area contributed by atoms with Crippen LogP contribution in [0.1, 0.15) is 18.4 Å². The van der Waals surface area contributed by atoms with Gasteiger partial charge in [0.2, 0.25) is 5.95 Å². The summed E-state index contributed by atoms with van der Waals surface area (Å²) >= 11 is 5.84. The number of ether oxygens (including phenoxy) is 1. The van der Waals surface area contributed by atoms with Gasteiger partial charge in [0.15, 0.2) is 5.82 Å². The van der Waals surface area contributed by atoms with Crippen molar-refractivity contribution in [2.75, 3.05) is 25.0 Å². The zero-order chi connectivity index (χ0) is 18.4. The van der Waals surface area contributed by atoms with Crippen LogP contribution < -0.4 is 5.32 Å². The van der Waals surface area contributed by atoms with Crippen molar-refractivity contribution in [2.45, 2.75) is 19.4 Å². The molecule has 1 fully saturated rings. The number of rotatable bonds is 5. The first-order valence-corrected chi connectivity index (χ1v) is 8.85. The average molecular weight is 379 g/mol. The van der Waals surface area contributed by atoms with E-state index in [9.17, 15) is 9.18 Å². The van der Waals surface area contributed by atoms with Gasteiger partial charge in [-0.25, -0.2) is 19.2 Å². The monoisotopic (exact) mass is 378 g/mol. The number of carbonyl (C=O) groups is 1. The first-order chi connectivity index (χ1) is 12.6. The Bertz CT molecular complexity index is 719. The maximum atomic E-state index is 12.8. The minimum atomic E-state index is -0.457. The zero-order valence-electron chi connectivity index (χ0n) is 14.2. The third kappa shape index (κ3) is 5.29. The Balaban J connectivity index is 1.38. The molecule has 0 saturated carbocycles. The molecule has 138 valence electrons. The highest BCUT2D eigenvalue weighted by Gasteiger charge is 2.23. The van der Waals surface area contributed by atoms with Crippen molar-refractivity contribution in [3.8, 4) is 0 Å². The van der Waals surface area contributed by atoms with E-state index in [0.717, 1.165) is 30.8 Å². The third-order valence-corrected chi connectivity index (χ3v) is 4.57. The van der Waals surface area contributed by atoms with Crippen LogP contribution in [0.4, 0.5) is 15.1 Å². The molecule has 3 rings (SSSR count). The van der Waals surface area contributed by atoms with E-state index < -0.39 is 5.82 Å². The van der Waals surface area contributed by atoms with Crippen LogP contribution in [0.15, 0.2) is 36.7 Å². The average Bonchev–Trinajstić information content (AvgIpc) is 2.67. The lowest BCUT2D eigenvalue weighted by Gasteiger charge is -2.31. The zero-order valence-corrected chi connectivity index (χ0v) is 15.0. The molecule has 0 spiro atoms. The quantitative estimate of drug-likeness (QED) is 0.858. The topological polar surface area (TPSA) is 67.3 Å². The number of likely N-dealkylation sites (tertiary alicyclic amines) is 1. The third-order valence-electron chi connectivity index (χ3n) is 4.32. The minimum Gasteiger partial charge on any atom is -0.445 e. The molecule has 6 nitrogen and oxygen atoms in total. The maximum absolute atomic E-state index is 12.8. The molecule has 1 aromatic heterocycles. The fourth-order valence-corrected chi connectivity index (χ4v) is 2.90. The molecular weight excluding hydrogens is 359 g/mol. The Morgan fingerprint density at radius 1 is 1.23 bits per heavy atom. The van der Waals surface area contributed by atoms with Crippen LogP contribution in [0.2, 0.25) is 5.02 Å². The number of amides is 1. The lowest BCUT2D eigenvalue weighted by Crippen LogP contribution is -2.40. The van der Waals surface area contributed by atoms with Crippen LogP contribution in [-0.4, -0.2) is 40.6 Å². The van der Waals surface area contributed by atoms with E-state index in [4.69, 9.17) is 16.3 Å². The van der Waals surface area contributed by atoms with Crippen LogP contribution in [0.5, 0.6) is 0 Å². The smallest absolute Gasteiger partial charge is 0.410 e. The molecule has 8 heteroatoms. The first-order valence-electron chi connectivity index (χ1n) is 8.48. The number of halogens is 2. The number of aromatic nitrogens is 2. The van der Waals surface area contributed by atoms with Gasteiger partial charge in [0, 0.05) is 24.7 Å². The lowest BCUT2D eigenvalue weighted by molar-refractivity contribution is 0.0832. The van der Waals surface area contributed by atoms with Gasteiger partial charge >= 0.3 is 6.09 Å². The number of benzene rings is 1. The highest BCUT2D eigenvalue weighted by Crippen LogP contribution is 2.19. The molecule has 0 unspecified atom stereocenters. The van der Waals surface area contributed by atoms with Gasteiger partial charge in [-0.2, -0.15) is 0 Å². The molecule has 0 atom stereocenters. The number of nitrogens with one attached hydrogen (secondary N) is 1. The van der Waals surface area contributed by atoms with Gasteiger partial charge in [-0.15, -0.1) is 0 Å². The molecule has 1 amide bonds. The summed E-state index contributed by atoms with van der Waals surface area (Å²) < 4.78 is 18.1. The highest BCUT2D eigenvalue weighted by atomic mass is 35.5. The summed E-state index contributed by atoms with van der Waals surface area (Å²) in [6.45, 7) is 2.23. The van der Waals surface area contributed by atoms with Gasteiger partial charge in [-0.1, -0.05) is 23.7 Å². The second-order valence-electron chi connectivity index (χ2n) is 6.22. The minimum absolute atomic E-state index is 0.236. The van der Waals surface area contributed by atoms with Crippen molar-refractivity contribution < 1.29 is 13.9 Å². The van der Waals surface area contributed by atoms with Gasteiger partial charge in [-0.05, 0) is 36.5 Å². The maximum Gasteiger partial charge on any atom is 0.410 e. The van der Waals surface area contributed by atoms with E-state index >= 15 is 0 Å². The molecule has 1 aliphatic heterocycles. The summed E-state index contributed by atoms with van der Waals surface area (Å²) in [7, 11) is 0. The molecule has 1 aliphatic rings. The van der Waals surface area contributed by atoms with Gasteiger partial charge in [0.05, 0.1) is 12.4 Å². The molecule has 2 heterocycles. The summed E-state index contributed by atoms with van der Waals surface area (Å²) in [5.74, 6) is 0.362. The lowest BCUT2D eigenvalue weighted by atomic mass is 9.97. The van der Waals surface area contributed by atoms with Crippen LogP contribution in [0.25, 0.3) is 0 Å². The van der Waals surface area contributed by atoms with Crippen LogP contribution in [-0.2, 0) is 11.3 Å². The number of hydrogen-bond acceptors (Lipinski definition) is 5. The largest absolute Gasteiger partial charge is 0.445 e. The van der Waals surface area contributed by atoms with Crippen molar-refractivity contribution in [3.05, 3.63) is 53.1 Å². The number of anilines is 1. The first kappa shape index (κ1) is 18.4. The Kier molecular flexibility index (Phi) is 6.22. The standard InChI is InChI=1S/C18H20ClFN4O2/c19-15-3-1-14(2-4-15)12-26-18(25)24-7-5-13(6-8-24)9-21-17-22-10-16(20)11-23-17/h1-4,10-11,13H,5-9,12H2,(H,21,22,23). The second kappa shape index (κ2) is 8.80. The molecular formula is C18H20ClFN4O2. The fraction of sp³-hybridized carbons (Fsp3) is 0.389. The van der Waals surface area contributed by atoms with E-state index in [1.165, 1.54) is 0 Å². The summed E-state index contributed by atoms with van der Waals surface area (Å²) in [5, 5.41) is 3.76. The summed E-state index contributed by atoms with van der Waals surface area (Å²) in [6, 6.07) is 7.22.